The molecule has 1 amide bonds. The number of piperidine rings is 1. The summed E-state index contributed by atoms with van der Waals surface area (Å²) >= 11 is 0. The monoisotopic (exact) mass is 389 g/mol. The number of carbonyl (C=O) groups excluding carboxylic acids is 1. The van der Waals surface area contributed by atoms with Gasteiger partial charge in [0.1, 0.15) is 0 Å². The van der Waals surface area contributed by atoms with Crippen LogP contribution in [0.4, 0.5) is 5.69 Å². The fraction of sp³-hybridized carbons (Fsp3) is 0.588. The zero-order valence-electron chi connectivity index (χ0n) is 14.7. The summed E-state index contributed by atoms with van der Waals surface area (Å²) < 4.78 is 24.6. The first kappa shape index (κ1) is 21.9. The third-order valence-corrected chi connectivity index (χ3v) is 5.09. The molecule has 1 saturated heterocycles. The summed E-state index contributed by atoms with van der Waals surface area (Å²) in [5.41, 5.74) is 1.58. The van der Waals surface area contributed by atoms with E-state index in [1.165, 1.54) is 12.8 Å². The zero-order chi connectivity index (χ0) is 17.6. The molecule has 0 saturated carbocycles. The molecule has 1 aromatic rings. The smallest absolute Gasteiger partial charge is 0.224 e. The number of benzene rings is 1. The van der Waals surface area contributed by atoms with Gasteiger partial charge in [0.15, 0.2) is 0 Å². The molecule has 0 bridgehead atoms. The Bertz CT molecular complexity index is 644. The van der Waals surface area contributed by atoms with Crippen LogP contribution in [0.15, 0.2) is 24.3 Å². The first-order chi connectivity index (χ1) is 11.3. The van der Waals surface area contributed by atoms with E-state index >= 15 is 0 Å². The molecule has 1 fully saturated rings. The van der Waals surface area contributed by atoms with Crippen molar-refractivity contribution in [2.45, 2.75) is 32.7 Å². The molecule has 1 aliphatic heterocycles. The Balaban J connectivity index is 0.00000312. The zero-order valence-corrected chi connectivity index (χ0v) is 16.4. The van der Waals surface area contributed by atoms with Crippen LogP contribution < -0.4 is 15.4 Å². The van der Waals surface area contributed by atoms with Crippen molar-refractivity contribution in [2.24, 2.45) is 11.8 Å². The fourth-order valence-electron chi connectivity index (χ4n) is 2.96. The highest BCUT2D eigenvalue weighted by Crippen LogP contribution is 2.23. The lowest BCUT2D eigenvalue weighted by atomic mass is 9.85. The maximum Gasteiger partial charge on any atom is 0.224 e. The number of halogens is 1. The van der Waals surface area contributed by atoms with Crippen molar-refractivity contribution < 1.29 is 13.2 Å². The van der Waals surface area contributed by atoms with E-state index in [1.807, 2.05) is 12.1 Å². The van der Waals surface area contributed by atoms with Crippen molar-refractivity contribution in [3.8, 4) is 0 Å². The van der Waals surface area contributed by atoms with Crippen molar-refractivity contribution in [2.75, 3.05) is 24.7 Å². The second kappa shape index (κ2) is 10.1. The standard InChI is InChI=1S/C17H27N3O3S.ClH/c1-13(15-4-3-9-18-12-15)10-17(21)20-16-7-5-14(6-8-16)11-19-24(2,22)23;/h5-8,13,15,18-19H,3-4,9-12H2,1-2H3,(H,20,21);1H. The average molecular weight is 390 g/mol. The molecule has 8 heteroatoms. The molecule has 2 unspecified atom stereocenters. The van der Waals surface area contributed by atoms with Gasteiger partial charge in [-0.2, -0.15) is 0 Å². The lowest BCUT2D eigenvalue weighted by Crippen LogP contribution is -2.34. The van der Waals surface area contributed by atoms with Gasteiger partial charge in [0.05, 0.1) is 6.26 Å². The summed E-state index contributed by atoms with van der Waals surface area (Å²) in [7, 11) is -3.20. The van der Waals surface area contributed by atoms with Crippen LogP contribution >= 0.6 is 12.4 Å². The Kier molecular flexibility index (Phi) is 8.85. The van der Waals surface area contributed by atoms with Crippen LogP contribution in [0.25, 0.3) is 0 Å². The molecule has 0 radical (unpaired) electrons. The van der Waals surface area contributed by atoms with Crippen LogP contribution in [0.3, 0.4) is 0 Å². The summed E-state index contributed by atoms with van der Waals surface area (Å²) in [6, 6.07) is 7.21. The third-order valence-electron chi connectivity index (χ3n) is 4.42. The van der Waals surface area contributed by atoms with Gasteiger partial charge in [0.2, 0.25) is 15.9 Å². The quantitative estimate of drug-likeness (QED) is 0.666. The summed E-state index contributed by atoms with van der Waals surface area (Å²) in [5, 5.41) is 6.30. The molecular formula is C17H28ClN3O3S. The predicted octanol–water partition coefficient (Wildman–Crippen LogP) is 2.12. The van der Waals surface area contributed by atoms with Crippen molar-refractivity contribution in [3.63, 3.8) is 0 Å². The second-order valence-corrected chi connectivity index (χ2v) is 8.46. The SMILES string of the molecule is CC(CC(=O)Nc1ccc(CNS(C)(=O)=O)cc1)C1CCCNC1.Cl. The predicted molar refractivity (Wildman–Crippen MR) is 103 cm³/mol. The molecule has 3 N–H and O–H groups in total. The van der Waals surface area contributed by atoms with Crippen LogP contribution in [0, 0.1) is 11.8 Å². The molecule has 6 nitrogen and oxygen atoms in total. The number of hydrogen-bond donors (Lipinski definition) is 3. The molecule has 0 aromatic heterocycles. The van der Waals surface area contributed by atoms with Gasteiger partial charge in [-0.1, -0.05) is 19.1 Å². The van der Waals surface area contributed by atoms with E-state index in [0.29, 0.717) is 18.3 Å². The van der Waals surface area contributed by atoms with Crippen LogP contribution in [-0.4, -0.2) is 33.7 Å². The number of sulfonamides is 1. The highest BCUT2D eigenvalue weighted by atomic mass is 35.5. The van der Waals surface area contributed by atoms with E-state index in [0.717, 1.165) is 30.6 Å². The summed E-state index contributed by atoms with van der Waals surface area (Å²) in [6.07, 6.45) is 4.01. The van der Waals surface area contributed by atoms with Gasteiger partial charge < -0.3 is 10.6 Å². The van der Waals surface area contributed by atoms with Gasteiger partial charge >= 0.3 is 0 Å². The minimum Gasteiger partial charge on any atom is -0.326 e. The molecule has 25 heavy (non-hydrogen) atoms. The maximum absolute atomic E-state index is 12.2. The van der Waals surface area contributed by atoms with Gasteiger partial charge in [-0.3, -0.25) is 4.79 Å². The highest BCUT2D eigenvalue weighted by molar-refractivity contribution is 7.88. The van der Waals surface area contributed by atoms with Gasteiger partial charge in [-0.15, -0.1) is 12.4 Å². The van der Waals surface area contributed by atoms with E-state index in [2.05, 4.69) is 22.3 Å². The molecule has 142 valence electrons. The van der Waals surface area contributed by atoms with Gasteiger partial charge in [-0.25, -0.2) is 13.1 Å². The minimum atomic E-state index is -3.20. The Morgan fingerprint density at radius 1 is 1.32 bits per heavy atom. The number of rotatable bonds is 7. The number of anilines is 1. The van der Waals surface area contributed by atoms with Gasteiger partial charge in [0, 0.05) is 18.7 Å². The largest absolute Gasteiger partial charge is 0.326 e. The Labute approximate surface area is 156 Å². The number of carbonyl (C=O) groups is 1. The maximum atomic E-state index is 12.2. The lowest BCUT2D eigenvalue weighted by Gasteiger charge is -2.28. The molecule has 0 aliphatic carbocycles. The van der Waals surface area contributed by atoms with E-state index < -0.39 is 10.0 Å². The topological polar surface area (TPSA) is 87.3 Å². The molecule has 0 spiro atoms. The van der Waals surface area contributed by atoms with E-state index in [4.69, 9.17) is 0 Å². The summed E-state index contributed by atoms with van der Waals surface area (Å²) in [4.78, 5) is 12.2. The summed E-state index contributed by atoms with van der Waals surface area (Å²) in [6.45, 7) is 4.46. The molecule has 1 aliphatic rings. The Morgan fingerprint density at radius 2 is 2.00 bits per heavy atom. The third kappa shape index (κ3) is 8.18. The number of amides is 1. The fourth-order valence-corrected chi connectivity index (χ4v) is 3.38. The van der Waals surface area contributed by atoms with Crippen LogP contribution in [0.5, 0.6) is 0 Å². The minimum absolute atomic E-state index is 0. The van der Waals surface area contributed by atoms with Crippen molar-refractivity contribution in [1.82, 2.24) is 10.0 Å². The van der Waals surface area contributed by atoms with Gasteiger partial charge in [-0.05, 0) is 55.5 Å². The number of nitrogens with one attached hydrogen (secondary N) is 3. The first-order valence-corrected chi connectivity index (χ1v) is 10.3. The molecular weight excluding hydrogens is 362 g/mol. The Morgan fingerprint density at radius 3 is 2.56 bits per heavy atom. The van der Waals surface area contributed by atoms with Crippen LogP contribution in [-0.2, 0) is 21.4 Å². The van der Waals surface area contributed by atoms with Crippen LogP contribution in [0.2, 0.25) is 0 Å². The number of hydrogen-bond acceptors (Lipinski definition) is 4. The Hall–Kier alpha value is -1.15. The average Bonchev–Trinajstić information content (AvgIpc) is 2.54. The first-order valence-electron chi connectivity index (χ1n) is 8.37. The summed E-state index contributed by atoms with van der Waals surface area (Å²) in [5.74, 6) is 0.945. The molecule has 2 rings (SSSR count). The van der Waals surface area contributed by atoms with Gasteiger partial charge in [0.25, 0.3) is 0 Å². The van der Waals surface area contributed by atoms with E-state index in [9.17, 15) is 13.2 Å². The van der Waals surface area contributed by atoms with E-state index in [-0.39, 0.29) is 24.9 Å². The molecule has 1 aromatic carbocycles. The molecule has 2 atom stereocenters. The normalized spacial score (nSPS) is 18.9. The van der Waals surface area contributed by atoms with Crippen molar-refractivity contribution >= 4 is 34.0 Å². The second-order valence-electron chi connectivity index (χ2n) is 6.63. The van der Waals surface area contributed by atoms with Crippen molar-refractivity contribution in [1.29, 1.82) is 0 Å². The van der Waals surface area contributed by atoms with Crippen LogP contribution in [0.1, 0.15) is 31.7 Å². The van der Waals surface area contributed by atoms with E-state index in [1.54, 1.807) is 12.1 Å². The lowest BCUT2D eigenvalue weighted by molar-refractivity contribution is -0.117. The molecule has 1 heterocycles. The highest BCUT2D eigenvalue weighted by Gasteiger charge is 2.21. The van der Waals surface area contributed by atoms with Crippen molar-refractivity contribution in [3.05, 3.63) is 29.8 Å².